The van der Waals surface area contributed by atoms with Gasteiger partial charge in [0.2, 0.25) is 0 Å². The summed E-state index contributed by atoms with van der Waals surface area (Å²) in [4.78, 5) is 17.7. The molecule has 0 spiro atoms. The lowest BCUT2D eigenvalue weighted by atomic mass is 10.3. The summed E-state index contributed by atoms with van der Waals surface area (Å²) in [6.45, 7) is 4.59. The lowest BCUT2D eigenvalue weighted by Crippen LogP contribution is -2.28. The zero-order valence-corrected chi connectivity index (χ0v) is 14.8. The minimum Gasteiger partial charge on any atom is -0.333 e. The quantitative estimate of drug-likeness (QED) is 0.745. The molecular formula is C16H20N6OS. The first-order valence-corrected chi connectivity index (χ1v) is 8.68. The van der Waals surface area contributed by atoms with E-state index in [1.54, 1.807) is 22.1 Å². The fraction of sp³-hybridized carbons (Fsp3) is 0.375. The van der Waals surface area contributed by atoms with Crippen LogP contribution in [-0.4, -0.2) is 26.0 Å². The van der Waals surface area contributed by atoms with Crippen molar-refractivity contribution in [2.45, 2.75) is 33.2 Å². The Morgan fingerprint density at radius 2 is 2.21 bits per heavy atom. The standard InChI is InChI=1S/C16H20N6OS/c1-4-5-15-18-10(2)14(24-15)9-17-16(23)19-11-6-7-13-12(8-11)20-21-22(13)3/h6-8H,4-5,9H2,1-3H3,(H2,17,19,23). The highest BCUT2D eigenvalue weighted by molar-refractivity contribution is 7.11. The zero-order valence-electron chi connectivity index (χ0n) is 14.0. The van der Waals surface area contributed by atoms with Crippen molar-refractivity contribution in [1.82, 2.24) is 25.3 Å². The highest BCUT2D eigenvalue weighted by Crippen LogP contribution is 2.19. The number of thiazole rings is 1. The molecule has 3 aromatic rings. The molecule has 0 aliphatic carbocycles. The average Bonchev–Trinajstić information content (AvgIpc) is 3.09. The maximum atomic E-state index is 12.1. The Labute approximate surface area is 144 Å². The molecule has 2 aromatic heterocycles. The Balaban J connectivity index is 1.60. The molecule has 3 rings (SSSR count). The molecule has 0 aliphatic heterocycles. The number of hydrogen-bond acceptors (Lipinski definition) is 5. The number of aromatic nitrogens is 4. The molecule has 0 bridgehead atoms. The van der Waals surface area contributed by atoms with Gasteiger partial charge in [0.1, 0.15) is 5.52 Å². The molecule has 0 atom stereocenters. The molecular weight excluding hydrogens is 324 g/mol. The van der Waals surface area contributed by atoms with E-state index in [1.165, 1.54) is 0 Å². The van der Waals surface area contributed by atoms with Crippen molar-refractivity contribution in [3.8, 4) is 0 Å². The van der Waals surface area contributed by atoms with Crippen molar-refractivity contribution in [3.05, 3.63) is 33.8 Å². The second-order valence-electron chi connectivity index (χ2n) is 5.59. The molecule has 0 radical (unpaired) electrons. The van der Waals surface area contributed by atoms with Crippen LogP contribution in [0, 0.1) is 6.92 Å². The summed E-state index contributed by atoms with van der Waals surface area (Å²) in [5.74, 6) is 0. The smallest absolute Gasteiger partial charge is 0.319 e. The van der Waals surface area contributed by atoms with Gasteiger partial charge in [-0.2, -0.15) is 0 Å². The second kappa shape index (κ2) is 6.96. The first-order chi connectivity index (χ1) is 11.6. The van der Waals surface area contributed by atoms with Gasteiger partial charge in [0.05, 0.1) is 22.8 Å². The molecule has 126 valence electrons. The number of nitrogens with zero attached hydrogens (tertiary/aromatic N) is 4. The topological polar surface area (TPSA) is 84.7 Å². The molecule has 2 heterocycles. The summed E-state index contributed by atoms with van der Waals surface area (Å²) in [5.41, 5.74) is 3.35. The lowest BCUT2D eigenvalue weighted by Gasteiger charge is -2.07. The van der Waals surface area contributed by atoms with E-state index in [-0.39, 0.29) is 6.03 Å². The molecule has 0 aliphatic rings. The van der Waals surface area contributed by atoms with E-state index in [2.05, 4.69) is 32.9 Å². The van der Waals surface area contributed by atoms with Crippen LogP contribution in [0.2, 0.25) is 0 Å². The largest absolute Gasteiger partial charge is 0.333 e. The van der Waals surface area contributed by atoms with E-state index in [9.17, 15) is 4.79 Å². The monoisotopic (exact) mass is 344 g/mol. The van der Waals surface area contributed by atoms with Gasteiger partial charge in [-0.15, -0.1) is 16.4 Å². The number of benzene rings is 1. The van der Waals surface area contributed by atoms with Crippen molar-refractivity contribution in [1.29, 1.82) is 0 Å². The highest BCUT2D eigenvalue weighted by Gasteiger charge is 2.09. The number of carbonyl (C=O) groups excluding carboxylic acids is 1. The average molecular weight is 344 g/mol. The van der Waals surface area contributed by atoms with Crippen LogP contribution in [0.3, 0.4) is 0 Å². The third kappa shape index (κ3) is 3.53. The van der Waals surface area contributed by atoms with Gasteiger partial charge in [0.15, 0.2) is 0 Å². The van der Waals surface area contributed by atoms with Crippen LogP contribution < -0.4 is 10.6 Å². The van der Waals surface area contributed by atoms with Crippen LogP contribution in [0.4, 0.5) is 10.5 Å². The van der Waals surface area contributed by atoms with Crippen LogP contribution in [0.25, 0.3) is 11.0 Å². The number of fused-ring (bicyclic) bond motifs is 1. The number of rotatable bonds is 5. The Hall–Kier alpha value is -2.48. The predicted molar refractivity (Wildman–Crippen MR) is 95.2 cm³/mol. The van der Waals surface area contributed by atoms with E-state index in [1.807, 2.05) is 26.1 Å². The van der Waals surface area contributed by atoms with E-state index < -0.39 is 0 Å². The first kappa shape index (κ1) is 16.4. The Bertz CT molecular complexity index is 869. The number of nitrogens with one attached hydrogen (secondary N) is 2. The van der Waals surface area contributed by atoms with Gasteiger partial charge < -0.3 is 10.6 Å². The molecule has 7 nitrogen and oxygen atoms in total. The first-order valence-electron chi connectivity index (χ1n) is 7.86. The van der Waals surface area contributed by atoms with Crippen molar-refractivity contribution >= 4 is 34.1 Å². The molecule has 1 aromatic carbocycles. The Morgan fingerprint density at radius 3 is 3.00 bits per heavy atom. The highest BCUT2D eigenvalue weighted by atomic mass is 32.1. The van der Waals surface area contributed by atoms with Crippen LogP contribution in [0.1, 0.15) is 28.9 Å². The minimum absolute atomic E-state index is 0.247. The SMILES string of the molecule is CCCc1nc(C)c(CNC(=O)Nc2ccc3c(c2)nnn3C)s1. The van der Waals surface area contributed by atoms with Crippen molar-refractivity contribution in [2.75, 3.05) is 5.32 Å². The predicted octanol–water partition coefficient (Wildman–Crippen LogP) is 3.01. The number of amides is 2. The summed E-state index contributed by atoms with van der Waals surface area (Å²) >= 11 is 1.66. The van der Waals surface area contributed by atoms with Crippen molar-refractivity contribution in [3.63, 3.8) is 0 Å². The van der Waals surface area contributed by atoms with Crippen molar-refractivity contribution in [2.24, 2.45) is 7.05 Å². The summed E-state index contributed by atoms with van der Waals surface area (Å²) in [6, 6.07) is 5.28. The van der Waals surface area contributed by atoms with E-state index in [0.717, 1.165) is 39.5 Å². The minimum atomic E-state index is -0.247. The number of hydrogen-bond donors (Lipinski definition) is 2. The summed E-state index contributed by atoms with van der Waals surface area (Å²) in [6.07, 6.45) is 2.06. The lowest BCUT2D eigenvalue weighted by molar-refractivity contribution is 0.252. The third-order valence-electron chi connectivity index (χ3n) is 3.68. The fourth-order valence-corrected chi connectivity index (χ4v) is 3.54. The molecule has 0 saturated heterocycles. The van der Waals surface area contributed by atoms with Gasteiger partial charge in [-0.1, -0.05) is 12.1 Å². The normalized spacial score (nSPS) is 11.0. The van der Waals surface area contributed by atoms with Crippen LogP contribution >= 0.6 is 11.3 Å². The van der Waals surface area contributed by atoms with Crippen LogP contribution in [0.15, 0.2) is 18.2 Å². The van der Waals surface area contributed by atoms with E-state index >= 15 is 0 Å². The summed E-state index contributed by atoms with van der Waals surface area (Å²) < 4.78 is 1.69. The number of carbonyl (C=O) groups is 1. The van der Waals surface area contributed by atoms with E-state index in [4.69, 9.17) is 0 Å². The van der Waals surface area contributed by atoms with Crippen molar-refractivity contribution < 1.29 is 4.79 Å². The number of aryl methyl sites for hydroxylation is 3. The maximum Gasteiger partial charge on any atom is 0.319 e. The maximum absolute atomic E-state index is 12.1. The molecule has 0 saturated carbocycles. The molecule has 8 heteroatoms. The van der Waals surface area contributed by atoms with Gasteiger partial charge >= 0.3 is 6.03 Å². The fourth-order valence-electron chi connectivity index (χ4n) is 2.43. The Morgan fingerprint density at radius 1 is 1.38 bits per heavy atom. The number of anilines is 1. The van der Waals surface area contributed by atoms with Gasteiger partial charge in [-0.05, 0) is 38.0 Å². The van der Waals surface area contributed by atoms with Crippen LogP contribution in [0.5, 0.6) is 0 Å². The van der Waals surface area contributed by atoms with Gasteiger partial charge in [-0.25, -0.2) is 14.5 Å². The molecule has 2 amide bonds. The molecule has 2 N–H and O–H groups in total. The number of urea groups is 1. The van der Waals surface area contributed by atoms with Gasteiger partial charge in [0.25, 0.3) is 0 Å². The zero-order chi connectivity index (χ0) is 17.1. The molecule has 24 heavy (non-hydrogen) atoms. The Kier molecular flexibility index (Phi) is 4.75. The van der Waals surface area contributed by atoms with E-state index in [0.29, 0.717) is 12.2 Å². The molecule has 0 fully saturated rings. The third-order valence-corrected chi connectivity index (χ3v) is 4.90. The second-order valence-corrected chi connectivity index (χ2v) is 6.76. The van der Waals surface area contributed by atoms with Gasteiger partial charge in [0, 0.05) is 17.6 Å². The summed E-state index contributed by atoms with van der Waals surface area (Å²) in [7, 11) is 1.83. The summed E-state index contributed by atoms with van der Waals surface area (Å²) in [5, 5.41) is 14.8. The van der Waals surface area contributed by atoms with Crippen LogP contribution in [-0.2, 0) is 20.0 Å². The molecule has 0 unspecified atom stereocenters. The van der Waals surface area contributed by atoms with Gasteiger partial charge in [-0.3, -0.25) is 0 Å².